The highest BCUT2D eigenvalue weighted by Crippen LogP contribution is 2.36. The Labute approximate surface area is 77.8 Å². The zero-order valence-corrected chi connectivity index (χ0v) is 7.62. The summed E-state index contributed by atoms with van der Waals surface area (Å²) >= 11 is 0. The second-order valence-electron chi connectivity index (χ2n) is 3.97. The average Bonchev–Trinajstić information content (AvgIpc) is 2.02. The van der Waals surface area contributed by atoms with Crippen LogP contribution < -0.4 is 5.32 Å². The fraction of sp³-hybridized carbons (Fsp3) is 0.700. The molecule has 1 heterocycles. The van der Waals surface area contributed by atoms with Gasteiger partial charge in [-0.2, -0.15) is 0 Å². The largest absolute Gasteiger partial charge is 0.478 e. The highest BCUT2D eigenvalue weighted by molar-refractivity contribution is 5.81. The fourth-order valence-electron chi connectivity index (χ4n) is 2.53. The van der Waals surface area contributed by atoms with Gasteiger partial charge in [-0.15, -0.1) is 0 Å². The molecule has 2 N–H and O–H groups in total. The minimum Gasteiger partial charge on any atom is -0.478 e. The maximum absolute atomic E-state index is 10.6. The van der Waals surface area contributed by atoms with Crippen LogP contribution in [0.3, 0.4) is 0 Å². The number of fused-ring (bicyclic) bond motifs is 2. The third-order valence-electron chi connectivity index (χ3n) is 3.12. The van der Waals surface area contributed by atoms with Gasteiger partial charge in [0.2, 0.25) is 0 Å². The number of piperidine rings is 1. The van der Waals surface area contributed by atoms with Crippen molar-refractivity contribution < 1.29 is 9.90 Å². The Balaban J connectivity index is 2.20. The van der Waals surface area contributed by atoms with E-state index in [4.69, 9.17) is 5.11 Å². The Kier molecular flexibility index (Phi) is 2.36. The minimum absolute atomic E-state index is 0.489. The first-order valence-corrected chi connectivity index (χ1v) is 4.92. The average molecular weight is 181 g/mol. The van der Waals surface area contributed by atoms with E-state index in [1.807, 2.05) is 0 Å². The monoisotopic (exact) mass is 181 g/mol. The molecule has 0 aromatic heterocycles. The number of rotatable bonds is 1. The van der Waals surface area contributed by atoms with Crippen LogP contribution in [-0.4, -0.2) is 24.2 Å². The van der Waals surface area contributed by atoms with Gasteiger partial charge in [-0.05, 0) is 24.7 Å². The van der Waals surface area contributed by atoms with Crippen molar-refractivity contribution in [3.05, 3.63) is 11.6 Å². The summed E-state index contributed by atoms with van der Waals surface area (Å²) in [4.78, 5) is 10.6. The molecule has 2 bridgehead atoms. The summed E-state index contributed by atoms with van der Waals surface area (Å²) in [6.45, 7) is 1.94. The number of carboxylic acid groups (broad SMARTS) is 1. The molecule has 0 amide bonds. The van der Waals surface area contributed by atoms with E-state index in [9.17, 15) is 4.79 Å². The van der Waals surface area contributed by atoms with Crippen LogP contribution in [0.4, 0.5) is 0 Å². The summed E-state index contributed by atoms with van der Waals surface area (Å²) in [7, 11) is 0. The Morgan fingerprint density at radius 2 is 2.00 bits per heavy atom. The molecule has 13 heavy (non-hydrogen) atoms. The van der Waals surface area contributed by atoms with Gasteiger partial charge in [-0.1, -0.05) is 12.0 Å². The van der Waals surface area contributed by atoms with Crippen LogP contribution in [0, 0.1) is 11.8 Å². The highest BCUT2D eigenvalue weighted by atomic mass is 16.4. The van der Waals surface area contributed by atoms with E-state index < -0.39 is 5.97 Å². The maximum Gasteiger partial charge on any atom is 0.328 e. The Hall–Kier alpha value is -0.830. The van der Waals surface area contributed by atoms with Gasteiger partial charge in [0.15, 0.2) is 0 Å². The van der Waals surface area contributed by atoms with E-state index in [1.165, 1.54) is 18.1 Å². The van der Waals surface area contributed by atoms with Gasteiger partial charge in [-0.25, -0.2) is 4.79 Å². The lowest BCUT2D eigenvalue weighted by molar-refractivity contribution is -0.131. The number of aliphatic carboxylic acids is 1. The van der Waals surface area contributed by atoms with Gasteiger partial charge in [0, 0.05) is 19.2 Å². The van der Waals surface area contributed by atoms with Crippen LogP contribution in [0.25, 0.3) is 0 Å². The number of carboxylic acids is 1. The van der Waals surface area contributed by atoms with Crippen molar-refractivity contribution in [1.82, 2.24) is 5.32 Å². The topological polar surface area (TPSA) is 49.3 Å². The molecule has 2 atom stereocenters. The SMILES string of the molecule is O=C(O)C=C1[C@@H]2CCC[C@H]1CNC2. The summed E-state index contributed by atoms with van der Waals surface area (Å²) in [5.74, 6) is 0.195. The highest BCUT2D eigenvalue weighted by Gasteiger charge is 2.31. The molecule has 72 valence electrons. The molecule has 2 rings (SSSR count). The summed E-state index contributed by atoms with van der Waals surface area (Å²) < 4.78 is 0. The molecule has 1 aliphatic heterocycles. The number of hydrogen-bond donors (Lipinski definition) is 2. The first-order chi connectivity index (χ1) is 6.27. The number of hydrogen-bond acceptors (Lipinski definition) is 2. The van der Waals surface area contributed by atoms with Gasteiger partial charge in [0.05, 0.1) is 0 Å². The van der Waals surface area contributed by atoms with E-state index >= 15 is 0 Å². The first kappa shape index (κ1) is 8.75. The summed E-state index contributed by atoms with van der Waals surface area (Å²) in [6, 6.07) is 0. The number of nitrogens with one attached hydrogen (secondary N) is 1. The quantitative estimate of drug-likeness (QED) is 0.594. The van der Waals surface area contributed by atoms with Gasteiger partial charge in [0.25, 0.3) is 0 Å². The lowest BCUT2D eigenvalue weighted by Gasteiger charge is -2.37. The predicted molar refractivity (Wildman–Crippen MR) is 49.4 cm³/mol. The van der Waals surface area contributed by atoms with Gasteiger partial charge in [-0.3, -0.25) is 0 Å². The molecule has 2 aliphatic rings. The Morgan fingerprint density at radius 3 is 2.54 bits per heavy atom. The van der Waals surface area contributed by atoms with E-state index in [0.717, 1.165) is 25.9 Å². The smallest absolute Gasteiger partial charge is 0.328 e. The van der Waals surface area contributed by atoms with E-state index in [-0.39, 0.29) is 0 Å². The normalized spacial score (nSPS) is 36.2. The standard InChI is InChI=1S/C10H15NO2/c12-10(13)4-9-7-2-1-3-8(9)6-11-5-7/h4,7-8,11H,1-3,5-6H2,(H,12,13)/t7-,8+. The van der Waals surface area contributed by atoms with Crippen LogP contribution in [0.15, 0.2) is 11.6 Å². The van der Waals surface area contributed by atoms with E-state index in [0.29, 0.717) is 11.8 Å². The van der Waals surface area contributed by atoms with Crippen molar-refractivity contribution in [2.24, 2.45) is 11.8 Å². The van der Waals surface area contributed by atoms with Crippen LogP contribution in [-0.2, 0) is 4.79 Å². The second kappa shape index (κ2) is 3.50. The van der Waals surface area contributed by atoms with Crippen LogP contribution in [0.2, 0.25) is 0 Å². The van der Waals surface area contributed by atoms with Gasteiger partial charge >= 0.3 is 5.97 Å². The second-order valence-corrected chi connectivity index (χ2v) is 3.97. The van der Waals surface area contributed by atoms with Crippen LogP contribution in [0.1, 0.15) is 19.3 Å². The van der Waals surface area contributed by atoms with Crippen molar-refractivity contribution in [2.75, 3.05) is 13.1 Å². The lowest BCUT2D eigenvalue weighted by Crippen LogP contribution is -2.41. The number of carbonyl (C=O) groups is 1. The summed E-state index contributed by atoms with van der Waals surface area (Å²) in [6.07, 6.45) is 5.01. The minimum atomic E-state index is -0.784. The molecule has 0 unspecified atom stereocenters. The van der Waals surface area contributed by atoms with Crippen LogP contribution >= 0.6 is 0 Å². The van der Waals surface area contributed by atoms with Crippen molar-refractivity contribution in [1.29, 1.82) is 0 Å². The molecule has 0 spiro atoms. The maximum atomic E-state index is 10.6. The van der Waals surface area contributed by atoms with Crippen molar-refractivity contribution in [2.45, 2.75) is 19.3 Å². The molecule has 2 fully saturated rings. The molecule has 3 nitrogen and oxygen atoms in total. The molecule has 1 saturated carbocycles. The Morgan fingerprint density at radius 1 is 1.38 bits per heavy atom. The molecule has 0 aromatic carbocycles. The van der Waals surface area contributed by atoms with Gasteiger partial charge in [0.1, 0.15) is 0 Å². The van der Waals surface area contributed by atoms with Crippen molar-refractivity contribution in [3.63, 3.8) is 0 Å². The third kappa shape index (κ3) is 1.75. The molecule has 3 heteroatoms. The third-order valence-corrected chi connectivity index (χ3v) is 3.12. The summed E-state index contributed by atoms with van der Waals surface area (Å²) in [5.41, 5.74) is 1.18. The summed E-state index contributed by atoms with van der Waals surface area (Å²) in [5, 5.41) is 12.1. The predicted octanol–water partition coefficient (Wildman–Crippen LogP) is 1.02. The van der Waals surface area contributed by atoms with E-state index in [2.05, 4.69) is 5.32 Å². The molecule has 1 saturated heterocycles. The van der Waals surface area contributed by atoms with Crippen molar-refractivity contribution in [3.8, 4) is 0 Å². The molecular formula is C10H15NO2. The van der Waals surface area contributed by atoms with Crippen LogP contribution in [0.5, 0.6) is 0 Å². The Bertz CT molecular complexity index is 223. The van der Waals surface area contributed by atoms with Gasteiger partial charge < -0.3 is 10.4 Å². The fourth-order valence-corrected chi connectivity index (χ4v) is 2.53. The zero-order valence-electron chi connectivity index (χ0n) is 7.62. The molecule has 0 radical (unpaired) electrons. The first-order valence-electron chi connectivity index (χ1n) is 4.92. The van der Waals surface area contributed by atoms with Crippen molar-refractivity contribution >= 4 is 5.97 Å². The van der Waals surface area contributed by atoms with E-state index in [1.54, 1.807) is 0 Å². The lowest BCUT2D eigenvalue weighted by atomic mass is 9.74. The zero-order chi connectivity index (χ0) is 9.26. The molecular weight excluding hydrogens is 166 g/mol. The molecule has 0 aromatic rings. The molecule has 1 aliphatic carbocycles.